The highest BCUT2D eigenvalue weighted by molar-refractivity contribution is 6.32. The number of nitrogens with zero attached hydrogens (tertiary/aromatic N) is 2. The van der Waals surface area contributed by atoms with E-state index in [1.165, 1.54) is 36.7 Å². The van der Waals surface area contributed by atoms with Gasteiger partial charge in [0.15, 0.2) is 17.4 Å². The summed E-state index contributed by atoms with van der Waals surface area (Å²) in [5.41, 5.74) is 6.02. The fourth-order valence-electron chi connectivity index (χ4n) is 2.36. The molecule has 3 rings (SSSR count). The molecular weight excluding hydrogens is 408 g/mol. The van der Waals surface area contributed by atoms with Gasteiger partial charge in [-0.05, 0) is 24.3 Å². The zero-order valence-electron chi connectivity index (χ0n) is 14.1. The molecule has 0 atom stereocenters. The Morgan fingerprint density at radius 1 is 1.36 bits per heavy atom. The van der Waals surface area contributed by atoms with E-state index in [1.54, 1.807) is 0 Å². The molecule has 2 aromatic carbocycles. The fourth-order valence-corrected chi connectivity index (χ4v) is 2.77. The first-order valence-electron chi connectivity index (χ1n) is 7.81. The van der Waals surface area contributed by atoms with Gasteiger partial charge in [0.1, 0.15) is 11.4 Å². The second-order valence-corrected chi connectivity index (χ2v) is 6.43. The first-order valence-corrected chi connectivity index (χ1v) is 8.57. The highest BCUT2D eigenvalue weighted by atomic mass is 35.5. The van der Waals surface area contributed by atoms with Gasteiger partial charge in [-0.25, -0.2) is 9.37 Å². The predicted molar refractivity (Wildman–Crippen MR) is 102 cm³/mol. The molecule has 4 N–H and O–H groups in total. The topological polar surface area (TPSA) is 117 Å². The third-order valence-corrected chi connectivity index (χ3v) is 4.20. The number of anilines is 1. The summed E-state index contributed by atoms with van der Waals surface area (Å²) in [5.74, 6) is -1.37. The molecule has 1 heterocycles. The number of aromatic nitrogens is 2. The maximum atomic E-state index is 14.9. The molecule has 0 bridgehead atoms. The lowest BCUT2D eigenvalue weighted by atomic mass is 10.2. The lowest BCUT2D eigenvalue weighted by Gasteiger charge is -2.13. The lowest BCUT2D eigenvalue weighted by Crippen LogP contribution is -2.24. The number of carbonyl (C=O) groups is 1. The smallest absolute Gasteiger partial charge is 0.271 e. The zero-order valence-corrected chi connectivity index (χ0v) is 15.6. The van der Waals surface area contributed by atoms with E-state index in [0.29, 0.717) is 0 Å². The number of ether oxygens (including phenoxy) is 1. The Bertz CT molecular complexity index is 1090. The standard InChI is InChI=1S/C18H12Cl2FN5O2/c19-11-3-9(6-22)4-12(5-11)28-16-13(20)2-1-10(14(16)21)7-24-18(27)15-17(23)26-8-25-15/h1-5,8H,7,23H2,(H,24,27)(H,25,26). The van der Waals surface area contributed by atoms with E-state index in [9.17, 15) is 9.18 Å². The number of benzene rings is 2. The molecule has 0 aliphatic rings. The van der Waals surface area contributed by atoms with Crippen LogP contribution in [-0.2, 0) is 6.54 Å². The lowest BCUT2D eigenvalue weighted by molar-refractivity contribution is 0.0947. The Morgan fingerprint density at radius 2 is 2.14 bits per heavy atom. The van der Waals surface area contributed by atoms with Gasteiger partial charge in [0.05, 0.1) is 23.0 Å². The summed E-state index contributed by atoms with van der Waals surface area (Å²) in [7, 11) is 0. The number of nitrogen functional groups attached to an aromatic ring is 1. The molecule has 7 nitrogen and oxygen atoms in total. The number of amides is 1. The van der Waals surface area contributed by atoms with Crippen molar-refractivity contribution in [3.63, 3.8) is 0 Å². The van der Waals surface area contributed by atoms with Crippen molar-refractivity contribution in [1.29, 1.82) is 5.26 Å². The maximum absolute atomic E-state index is 14.9. The number of hydrogen-bond donors (Lipinski definition) is 3. The van der Waals surface area contributed by atoms with Gasteiger partial charge in [0.2, 0.25) is 0 Å². The molecule has 1 aromatic heterocycles. The summed E-state index contributed by atoms with van der Waals surface area (Å²) in [6, 6.07) is 9.05. The zero-order chi connectivity index (χ0) is 20.3. The van der Waals surface area contributed by atoms with Crippen LogP contribution in [0.15, 0.2) is 36.7 Å². The van der Waals surface area contributed by atoms with Crippen LogP contribution in [0.3, 0.4) is 0 Å². The molecule has 0 spiro atoms. The van der Waals surface area contributed by atoms with Gasteiger partial charge in [-0.15, -0.1) is 0 Å². The van der Waals surface area contributed by atoms with Crippen LogP contribution in [0.1, 0.15) is 21.6 Å². The molecule has 0 unspecified atom stereocenters. The van der Waals surface area contributed by atoms with Crippen LogP contribution < -0.4 is 15.8 Å². The number of rotatable bonds is 5. The molecule has 0 saturated heterocycles. The van der Waals surface area contributed by atoms with Crippen molar-refractivity contribution in [2.24, 2.45) is 0 Å². The second kappa shape index (κ2) is 8.17. The van der Waals surface area contributed by atoms with Crippen molar-refractivity contribution in [1.82, 2.24) is 15.3 Å². The molecule has 0 aliphatic carbocycles. The number of halogens is 3. The van der Waals surface area contributed by atoms with Gasteiger partial charge < -0.3 is 20.8 Å². The van der Waals surface area contributed by atoms with Crippen molar-refractivity contribution in [2.75, 3.05) is 5.73 Å². The normalized spacial score (nSPS) is 10.4. The van der Waals surface area contributed by atoms with E-state index < -0.39 is 11.7 Å². The monoisotopic (exact) mass is 419 g/mol. The van der Waals surface area contributed by atoms with E-state index in [-0.39, 0.29) is 50.7 Å². The highest BCUT2D eigenvalue weighted by Gasteiger charge is 2.17. The minimum atomic E-state index is -0.760. The Kier molecular flexibility index (Phi) is 5.68. The van der Waals surface area contributed by atoms with Crippen LogP contribution in [0, 0.1) is 17.1 Å². The number of imidazole rings is 1. The molecule has 3 aromatic rings. The van der Waals surface area contributed by atoms with Crippen molar-refractivity contribution < 1.29 is 13.9 Å². The van der Waals surface area contributed by atoms with Crippen LogP contribution in [0.4, 0.5) is 10.2 Å². The first kappa shape index (κ1) is 19.5. The number of H-pyrrole nitrogens is 1. The maximum Gasteiger partial charge on any atom is 0.271 e. The summed E-state index contributed by atoms with van der Waals surface area (Å²) >= 11 is 12.0. The summed E-state index contributed by atoms with van der Waals surface area (Å²) < 4.78 is 20.4. The van der Waals surface area contributed by atoms with Crippen LogP contribution in [0.2, 0.25) is 10.0 Å². The Balaban J connectivity index is 1.82. The van der Waals surface area contributed by atoms with Gasteiger partial charge in [-0.1, -0.05) is 29.3 Å². The van der Waals surface area contributed by atoms with E-state index in [2.05, 4.69) is 15.3 Å². The van der Waals surface area contributed by atoms with Crippen LogP contribution in [0.5, 0.6) is 11.5 Å². The van der Waals surface area contributed by atoms with Crippen molar-refractivity contribution in [2.45, 2.75) is 6.54 Å². The molecule has 1 amide bonds. The van der Waals surface area contributed by atoms with Crippen LogP contribution in [0.25, 0.3) is 0 Å². The summed E-state index contributed by atoms with van der Waals surface area (Å²) in [6.45, 7) is -0.143. The number of carbonyl (C=O) groups excluding carboxylic acids is 1. The SMILES string of the molecule is N#Cc1cc(Cl)cc(Oc2c(Cl)ccc(CNC(=O)c3[nH]cnc3N)c2F)c1. The number of hydrogen-bond acceptors (Lipinski definition) is 5. The van der Waals surface area contributed by atoms with E-state index >= 15 is 0 Å². The number of nitriles is 1. The number of nitrogens with one attached hydrogen (secondary N) is 2. The van der Waals surface area contributed by atoms with Crippen molar-refractivity contribution in [3.05, 3.63) is 69.3 Å². The Hall–Kier alpha value is -3.28. The summed E-state index contributed by atoms with van der Waals surface area (Å²) in [5, 5.41) is 11.8. The molecule has 0 radical (unpaired) electrons. The first-order chi connectivity index (χ1) is 13.4. The van der Waals surface area contributed by atoms with Gasteiger partial charge in [-0.2, -0.15) is 5.26 Å². The molecular formula is C18H12Cl2FN5O2. The molecule has 0 aliphatic heterocycles. The van der Waals surface area contributed by atoms with E-state index in [1.807, 2.05) is 6.07 Å². The minimum Gasteiger partial charge on any atom is -0.453 e. The van der Waals surface area contributed by atoms with Crippen LogP contribution in [-0.4, -0.2) is 15.9 Å². The van der Waals surface area contributed by atoms with Crippen LogP contribution >= 0.6 is 23.2 Å². The van der Waals surface area contributed by atoms with Gasteiger partial charge >= 0.3 is 0 Å². The minimum absolute atomic E-state index is 0.0175. The molecule has 10 heteroatoms. The summed E-state index contributed by atoms with van der Waals surface area (Å²) in [6.07, 6.45) is 1.28. The average molecular weight is 420 g/mol. The predicted octanol–water partition coefficient (Wildman–Crippen LogP) is 4.03. The summed E-state index contributed by atoms with van der Waals surface area (Å²) in [4.78, 5) is 18.4. The van der Waals surface area contributed by atoms with Gasteiger partial charge in [0.25, 0.3) is 5.91 Å². The second-order valence-electron chi connectivity index (χ2n) is 5.58. The highest BCUT2D eigenvalue weighted by Crippen LogP contribution is 2.35. The molecule has 142 valence electrons. The van der Waals surface area contributed by atoms with E-state index in [4.69, 9.17) is 38.9 Å². The molecule has 28 heavy (non-hydrogen) atoms. The number of nitrogens with two attached hydrogens (primary N) is 1. The quantitative estimate of drug-likeness (QED) is 0.576. The fraction of sp³-hybridized carbons (Fsp3) is 0.0556. The third kappa shape index (κ3) is 4.17. The third-order valence-electron chi connectivity index (χ3n) is 3.68. The van der Waals surface area contributed by atoms with Gasteiger partial charge in [-0.3, -0.25) is 4.79 Å². The van der Waals surface area contributed by atoms with Crippen molar-refractivity contribution >= 4 is 34.9 Å². The van der Waals surface area contributed by atoms with Crippen molar-refractivity contribution in [3.8, 4) is 17.6 Å². The van der Waals surface area contributed by atoms with E-state index in [0.717, 1.165) is 0 Å². The Labute approximate surface area is 168 Å². The number of aromatic amines is 1. The van der Waals surface area contributed by atoms with Gasteiger partial charge in [0, 0.05) is 17.1 Å². The molecule has 0 saturated carbocycles. The Morgan fingerprint density at radius 3 is 2.82 bits per heavy atom. The average Bonchev–Trinajstić information content (AvgIpc) is 3.09. The molecule has 0 fully saturated rings. The largest absolute Gasteiger partial charge is 0.453 e.